The maximum Gasteiger partial charge on any atom is 0.208 e. The molecule has 6 heteroatoms. The zero-order chi connectivity index (χ0) is 13.4. The van der Waals surface area contributed by atoms with E-state index in [2.05, 4.69) is 46.1 Å². The molecule has 0 saturated carbocycles. The number of hydrogen-bond donors (Lipinski definition) is 2. The zero-order valence-corrected chi connectivity index (χ0v) is 12.0. The molecule has 0 bridgehead atoms. The maximum atomic E-state index is 5.53. The van der Waals surface area contributed by atoms with Crippen LogP contribution in [0.25, 0.3) is 0 Å². The summed E-state index contributed by atoms with van der Waals surface area (Å²) in [5.41, 5.74) is 2.72. The molecule has 0 radical (unpaired) electrons. The van der Waals surface area contributed by atoms with Crippen molar-refractivity contribution >= 4 is 5.96 Å². The molecule has 6 nitrogen and oxygen atoms in total. The molecular weight excluding hydrogens is 228 g/mol. The van der Waals surface area contributed by atoms with Crippen molar-refractivity contribution in [3.05, 3.63) is 0 Å². The molecular formula is C12H28N6. The molecule has 0 atom stereocenters. The van der Waals surface area contributed by atoms with Gasteiger partial charge < -0.3 is 9.80 Å². The first-order valence-electron chi connectivity index (χ1n) is 6.80. The van der Waals surface area contributed by atoms with Gasteiger partial charge in [0.2, 0.25) is 5.96 Å². The Balaban J connectivity index is 2.33. The molecule has 1 fully saturated rings. The molecule has 0 aliphatic carbocycles. The summed E-state index contributed by atoms with van der Waals surface area (Å²) in [6.45, 7) is 9.38. The highest BCUT2D eigenvalue weighted by molar-refractivity contribution is 5.79. The molecule has 1 rings (SSSR count). The second-order valence-corrected chi connectivity index (χ2v) is 4.98. The van der Waals surface area contributed by atoms with Crippen molar-refractivity contribution in [2.75, 3.05) is 59.9 Å². The Morgan fingerprint density at radius 3 is 2.44 bits per heavy atom. The summed E-state index contributed by atoms with van der Waals surface area (Å²) in [4.78, 5) is 11.4. The van der Waals surface area contributed by atoms with Crippen molar-refractivity contribution in [3.63, 3.8) is 0 Å². The van der Waals surface area contributed by atoms with Crippen LogP contribution in [-0.4, -0.2) is 80.6 Å². The van der Waals surface area contributed by atoms with Crippen LogP contribution in [-0.2, 0) is 0 Å². The fraction of sp³-hybridized carbons (Fsp3) is 0.917. The van der Waals surface area contributed by atoms with E-state index in [0.717, 1.165) is 58.2 Å². The van der Waals surface area contributed by atoms with Gasteiger partial charge in [0.05, 0.1) is 0 Å². The van der Waals surface area contributed by atoms with Gasteiger partial charge in [0.25, 0.3) is 0 Å². The van der Waals surface area contributed by atoms with E-state index in [9.17, 15) is 0 Å². The smallest absolute Gasteiger partial charge is 0.208 e. The van der Waals surface area contributed by atoms with Crippen molar-refractivity contribution in [1.29, 1.82) is 0 Å². The quantitative estimate of drug-likeness (QED) is 0.298. The van der Waals surface area contributed by atoms with Gasteiger partial charge in [0.15, 0.2) is 0 Å². The van der Waals surface area contributed by atoms with E-state index in [0.29, 0.717) is 0 Å². The number of aliphatic imine (C=N–C) groups is 1. The fourth-order valence-electron chi connectivity index (χ4n) is 1.98. The molecule has 3 N–H and O–H groups in total. The lowest BCUT2D eigenvalue weighted by Gasteiger charge is -2.36. The molecule has 106 valence electrons. The molecule has 1 aliphatic heterocycles. The number of piperazine rings is 1. The first-order chi connectivity index (χ1) is 8.67. The lowest BCUT2D eigenvalue weighted by atomic mass is 10.3. The largest absolute Gasteiger partial charge is 0.339 e. The molecule has 0 aromatic rings. The van der Waals surface area contributed by atoms with E-state index in [-0.39, 0.29) is 0 Å². The Labute approximate surface area is 111 Å². The van der Waals surface area contributed by atoms with Gasteiger partial charge in [0.1, 0.15) is 0 Å². The zero-order valence-electron chi connectivity index (χ0n) is 12.0. The predicted molar refractivity (Wildman–Crippen MR) is 76.5 cm³/mol. The van der Waals surface area contributed by atoms with Gasteiger partial charge in [-0.2, -0.15) is 0 Å². The predicted octanol–water partition coefficient (Wildman–Crippen LogP) is -0.605. The van der Waals surface area contributed by atoms with Crippen LogP contribution < -0.4 is 11.3 Å². The molecule has 1 heterocycles. The minimum Gasteiger partial charge on any atom is -0.339 e. The molecule has 0 aromatic heterocycles. The number of rotatable bonds is 5. The van der Waals surface area contributed by atoms with Crippen LogP contribution in [0.2, 0.25) is 0 Å². The molecule has 0 amide bonds. The Morgan fingerprint density at radius 2 is 1.94 bits per heavy atom. The second kappa shape index (κ2) is 8.29. The van der Waals surface area contributed by atoms with Crippen LogP contribution in [0.5, 0.6) is 0 Å². The van der Waals surface area contributed by atoms with Gasteiger partial charge in [-0.1, -0.05) is 6.92 Å². The number of guanidine groups is 1. The third kappa shape index (κ3) is 5.20. The molecule has 0 spiro atoms. The van der Waals surface area contributed by atoms with Crippen LogP contribution in [0.4, 0.5) is 0 Å². The monoisotopic (exact) mass is 256 g/mol. The Morgan fingerprint density at radius 1 is 1.28 bits per heavy atom. The molecule has 0 unspecified atom stereocenters. The highest BCUT2D eigenvalue weighted by atomic mass is 15.4. The van der Waals surface area contributed by atoms with E-state index < -0.39 is 0 Å². The number of likely N-dealkylation sites (N-methyl/N-ethyl adjacent to an activating group) is 1. The SMILES string of the molecule is CCCN=C(NN)N1CCN(CCN(C)C)CC1. The number of nitrogens with zero attached hydrogens (tertiary/aromatic N) is 4. The summed E-state index contributed by atoms with van der Waals surface area (Å²) < 4.78 is 0. The number of nitrogens with two attached hydrogens (primary N) is 1. The van der Waals surface area contributed by atoms with E-state index in [1.54, 1.807) is 0 Å². The van der Waals surface area contributed by atoms with Gasteiger partial charge in [-0.05, 0) is 20.5 Å². The molecule has 1 aliphatic rings. The first-order valence-corrected chi connectivity index (χ1v) is 6.80. The third-order valence-electron chi connectivity index (χ3n) is 3.15. The summed E-state index contributed by atoms with van der Waals surface area (Å²) in [7, 11) is 4.23. The Bertz CT molecular complexity index is 245. The average Bonchev–Trinajstić information content (AvgIpc) is 2.38. The Hall–Kier alpha value is -0.850. The molecule has 0 aromatic carbocycles. The second-order valence-electron chi connectivity index (χ2n) is 4.98. The molecule has 1 saturated heterocycles. The fourth-order valence-corrected chi connectivity index (χ4v) is 1.98. The van der Waals surface area contributed by atoms with Crippen molar-refractivity contribution in [1.82, 2.24) is 20.1 Å². The summed E-state index contributed by atoms with van der Waals surface area (Å²) in [5.74, 6) is 6.37. The van der Waals surface area contributed by atoms with Crippen LogP contribution >= 0.6 is 0 Å². The minimum atomic E-state index is 0.834. The van der Waals surface area contributed by atoms with Crippen molar-refractivity contribution < 1.29 is 0 Å². The highest BCUT2D eigenvalue weighted by Gasteiger charge is 2.18. The summed E-state index contributed by atoms with van der Waals surface area (Å²) in [6.07, 6.45) is 1.05. The standard InChI is InChI=1S/C12H28N6/c1-4-5-14-12(15-13)18-10-8-17(9-11-18)7-6-16(2)3/h4-11,13H2,1-3H3,(H,14,15). The summed E-state index contributed by atoms with van der Waals surface area (Å²) >= 11 is 0. The van der Waals surface area contributed by atoms with Gasteiger partial charge >= 0.3 is 0 Å². The number of hydrazine groups is 1. The lowest BCUT2D eigenvalue weighted by Crippen LogP contribution is -2.54. The van der Waals surface area contributed by atoms with Gasteiger partial charge in [-0.25, -0.2) is 5.84 Å². The van der Waals surface area contributed by atoms with E-state index in [1.165, 1.54) is 0 Å². The van der Waals surface area contributed by atoms with Crippen molar-refractivity contribution in [3.8, 4) is 0 Å². The van der Waals surface area contributed by atoms with Gasteiger partial charge in [0, 0.05) is 45.8 Å². The van der Waals surface area contributed by atoms with Gasteiger partial charge in [-0.3, -0.25) is 15.3 Å². The molecule has 18 heavy (non-hydrogen) atoms. The maximum absolute atomic E-state index is 5.53. The first kappa shape index (κ1) is 15.2. The van der Waals surface area contributed by atoms with Crippen LogP contribution in [0.3, 0.4) is 0 Å². The summed E-state index contributed by atoms with van der Waals surface area (Å²) in [6, 6.07) is 0. The van der Waals surface area contributed by atoms with E-state index in [4.69, 9.17) is 5.84 Å². The normalized spacial score (nSPS) is 18.5. The number of nitrogens with one attached hydrogen (secondary N) is 1. The third-order valence-corrected chi connectivity index (χ3v) is 3.15. The van der Waals surface area contributed by atoms with E-state index >= 15 is 0 Å². The number of hydrogen-bond acceptors (Lipinski definition) is 4. The Kier molecular flexibility index (Phi) is 7.00. The van der Waals surface area contributed by atoms with Crippen molar-refractivity contribution in [2.24, 2.45) is 10.8 Å². The van der Waals surface area contributed by atoms with Crippen LogP contribution in [0, 0.1) is 0 Å². The van der Waals surface area contributed by atoms with Crippen LogP contribution in [0.15, 0.2) is 4.99 Å². The lowest BCUT2D eigenvalue weighted by molar-refractivity contribution is 0.166. The van der Waals surface area contributed by atoms with Crippen LogP contribution in [0.1, 0.15) is 13.3 Å². The van der Waals surface area contributed by atoms with Crippen molar-refractivity contribution in [2.45, 2.75) is 13.3 Å². The van der Waals surface area contributed by atoms with Gasteiger partial charge in [-0.15, -0.1) is 0 Å². The van der Waals surface area contributed by atoms with E-state index in [1.807, 2.05) is 0 Å². The minimum absolute atomic E-state index is 0.834. The average molecular weight is 256 g/mol. The summed E-state index contributed by atoms with van der Waals surface area (Å²) in [5, 5.41) is 0. The highest BCUT2D eigenvalue weighted by Crippen LogP contribution is 2.02. The topological polar surface area (TPSA) is 60.1 Å².